The zero-order valence-corrected chi connectivity index (χ0v) is 16.6. The number of carbonyl (C=O) groups is 1. The van der Waals surface area contributed by atoms with Gasteiger partial charge in [0, 0.05) is 29.4 Å². The highest BCUT2D eigenvalue weighted by atomic mass is 16.5. The fourth-order valence-corrected chi connectivity index (χ4v) is 3.72. The number of nitrogens with zero attached hydrogens (tertiary/aromatic N) is 3. The fourth-order valence-electron chi connectivity index (χ4n) is 3.72. The minimum absolute atomic E-state index is 0.207. The highest BCUT2D eigenvalue weighted by Crippen LogP contribution is 2.29. The first-order chi connectivity index (χ1) is 14.7. The molecule has 1 amide bonds. The summed E-state index contributed by atoms with van der Waals surface area (Å²) < 4.78 is 7.67. The predicted molar refractivity (Wildman–Crippen MR) is 115 cm³/mol. The van der Waals surface area contributed by atoms with Crippen molar-refractivity contribution in [2.24, 2.45) is 0 Å². The zero-order chi connectivity index (χ0) is 20.5. The molecule has 2 aromatic carbocycles. The number of carbonyl (C=O) groups excluding carboxylic acids is 1. The average Bonchev–Trinajstić information content (AvgIpc) is 3.17. The van der Waals surface area contributed by atoms with Gasteiger partial charge >= 0.3 is 6.03 Å². The molecule has 0 saturated carbocycles. The van der Waals surface area contributed by atoms with Gasteiger partial charge in [0.25, 0.3) is 0 Å². The zero-order valence-electron chi connectivity index (χ0n) is 16.6. The van der Waals surface area contributed by atoms with Crippen molar-refractivity contribution in [3.05, 3.63) is 77.9 Å². The van der Waals surface area contributed by atoms with Gasteiger partial charge in [0.05, 0.1) is 11.2 Å². The van der Waals surface area contributed by atoms with E-state index in [0.29, 0.717) is 11.6 Å². The number of fused-ring (bicyclic) bond motifs is 2. The summed E-state index contributed by atoms with van der Waals surface area (Å²) in [6.07, 6.45) is 4.13. The van der Waals surface area contributed by atoms with Gasteiger partial charge in [-0.2, -0.15) is 0 Å². The molecule has 5 rings (SSSR count). The second-order valence-electron chi connectivity index (χ2n) is 7.34. The first-order valence-electron chi connectivity index (χ1n) is 9.88. The van der Waals surface area contributed by atoms with Crippen molar-refractivity contribution in [3.63, 3.8) is 0 Å². The molecule has 1 aliphatic heterocycles. The monoisotopic (exact) mass is 399 g/mol. The molecule has 2 aromatic heterocycles. The maximum atomic E-state index is 12.7. The molecule has 7 nitrogen and oxygen atoms in total. The van der Waals surface area contributed by atoms with Crippen LogP contribution in [-0.2, 0) is 13.0 Å². The number of ether oxygens (including phenoxy) is 1. The van der Waals surface area contributed by atoms with Gasteiger partial charge < -0.3 is 15.4 Å². The third kappa shape index (κ3) is 3.51. The number of nitrogens with one attached hydrogen (secondary N) is 2. The van der Waals surface area contributed by atoms with E-state index in [-0.39, 0.29) is 6.03 Å². The lowest BCUT2D eigenvalue weighted by atomic mass is 10.1. The second-order valence-corrected chi connectivity index (χ2v) is 7.34. The molecule has 3 heterocycles. The van der Waals surface area contributed by atoms with Gasteiger partial charge in [-0.1, -0.05) is 12.1 Å². The largest absolute Gasteiger partial charge is 0.439 e. The first-order valence-corrected chi connectivity index (χ1v) is 9.88. The molecule has 0 unspecified atom stereocenters. The van der Waals surface area contributed by atoms with E-state index in [9.17, 15) is 4.79 Å². The molecule has 2 N–H and O–H groups in total. The number of hydrogen-bond acceptors (Lipinski definition) is 5. The van der Waals surface area contributed by atoms with Gasteiger partial charge in [-0.3, -0.25) is 4.57 Å². The van der Waals surface area contributed by atoms with E-state index in [1.165, 1.54) is 6.33 Å². The molecule has 0 fully saturated rings. The third-order valence-electron chi connectivity index (χ3n) is 5.20. The van der Waals surface area contributed by atoms with Crippen molar-refractivity contribution in [2.75, 3.05) is 11.9 Å². The second kappa shape index (κ2) is 7.61. The summed E-state index contributed by atoms with van der Waals surface area (Å²) in [6, 6.07) is 15.1. The van der Waals surface area contributed by atoms with Crippen molar-refractivity contribution < 1.29 is 9.53 Å². The predicted octanol–water partition coefficient (Wildman–Crippen LogP) is 4.26. The molecule has 4 aromatic rings. The summed E-state index contributed by atoms with van der Waals surface area (Å²) >= 11 is 0. The smallest absolute Gasteiger partial charge is 0.330 e. The number of amides is 1. The normalized spacial score (nSPS) is 13.1. The molecule has 0 bridgehead atoms. The number of aromatic nitrogens is 3. The van der Waals surface area contributed by atoms with Crippen LogP contribution in [0.5, 0.6) is 11.6 Å². The number of benzene rings is 2. The molecule has 30 heavy (non-hydrogen) atoms. The Morgan fingerprint density at radius 1 is 1.17 bits per heavy atom. The molecule has 150 valence electrons. The van der Waals surface area contributed by atoms with Crippen LogP contribution in [0.4, 0.5) is 10.5 Å². The van der Waals surface area contributed by atoms with Crippen molar-refractivity contribution in [1.29, 1.82) is 0 Å². The summed E-state index contributed by atoms with van der Waals surface area (Å²) in [5.74, 6) is 1.27. The molecule has 1 aliphatic rings. The molecule has 0 aliphatic carbocycles. The lowest BCUT2D eigenvalue weighted by Crippen LogP contribution is -2.25. The molecular weight excluding hydrogens is 378 g/mol. The third-order valence-corrected chi connectivity index (χ3v) is 5.20. The Hall–Kier alpha value is -3.71. The summed E-state index contributed by atoms with van der Waals surface area (Å²) in [7, 11) is 0. The van der Waals surface area contributed by atoms with Crippen LogP contribution in [-0.4, -0.2) is 27.1 Å². The standard InChI is InChI=1S/C23H21N5O2/c1-15-3-2-4-17(11-15)27-23(29)28-10-8-16-12-18(5-6-21(16)28)30-22-19-7-9-24-13-20(19)25-14-26-22/h2-6,8,10-12,14,24H,7,9,13H2,1H3,(H,27,29). The van der Waals surface area contributed by atoms with Gasteiger partial charge in [0.2, 0.25) is 5.88 Å². The van der Waals surface area contributed by atoms with Crippen LogP contribution >= 0.6 is 0 Å². The number of hydrogen-bond donors (Lipinski definition) is 2. The van der Waals surface area contributed by atoms with E-state index < -0.39 is 0 Å². The molecular formula is C23H21N5O2. The van der Waals surface area contributed by atoms with E-state index in [1.807, 2.05) is 55.5 Å². The van der Waals surface area contributed by atoms with Crippen LogP contribution < -0.4 is 15.4 Å². The van der Waals surface area contributed by atoms with E-state index in [4.69, 9.17) is 4.74 Å². The molecule has 7 heteroatoms. The van der Waals surface area contributed by atoms with Gasteiger partial charge in [0.1, 0.15) is 12.1 Å². The first kappa shape index (κ1) is 18.3. The molecule has 0 saturated heterocycles. The summed E-state index contributed by atoms with van der Waals surface area (Å²) in [4.78, 5) is 21.4. The fraction of sp³-hybridized carbons (Fsp3) is 0.174. The van der Waals surface area contributed by atoms with Crippen LogP contribution in [0.1, 0.15) is 16.8 Å². The van der Waals surface area contributed by atoms with Crippen LogP contribution in [0.25, 0.3) is 10.9 Å². The summed E-state index contributed by atoms with van der Waals surface area (Å²) in [5.41, 5.74) is 4.69. The summed E-state index contributed by atoms with van der Waals surface area (Å²) in [5, 5.41) is 7.15. The maximum Gasteiger partial charge on any atom is 0.330 e. The summed E-state index contributed by atoms with van der Waals surface area (Å²) in [6.45, 7) is 3.61. The number of rotatable bonds is 3. The van der Waals surface area contributed by atoms with Crippen molar-refractivity contribution in [3.8, 4) is 11.6 Å². The van der Waals surface area contributed by atoms with Gasteiger partial charge in [-0.25, -0.2) is 14.8 Å². The average molecular weight is 399 g/mol. The number of anilines is 1. The minimum Gasteiger partial charge on any atom is -0.439 e. The van der Waals surface area contributed by atoms with Crippen LogP contribution in [0.3, 0.4) is 0 Å². The minimum atomic E-state index is -0.207. The van der Waals surface area contributed by atoms with E-state index >= 15 is 0 Å². The van der Waals surface area contributed by atoms with E-state index in [0.717, 1.165) is 52.9 Å². The Morgan fingerprint density at radius 3 is 3.00 bits per heavy atom. The Labute approximate surface area is 173 Å². The number of aryl methyl sites for hydroxylation is 1. The van der Waals surface area contributed by atoms with E-state index in [2.05, 4.69) is 20.6 Å². The van der Waals surface area contributed by atoms with Gasteiger partial charge in [-0.05, 0) is 61.9 Å². The van der Waals surface area contributed by atoms with Crippen molar-refractivity contribution in [1.82, 2.24) is 19.9 Å². The molecule has 0 radical (unpaired) electrons. The topological polar surface area (TPSA) is 81.1 Å². The lowest BCUT2D eigenvalue weighted by molar-refractivity contribution is 0.254. The maximum absolute atomic E-state index is 12.7. The van der Waals surface area contributed by atoms with Gasteiger partial charge in [0.15, 0.2) is 0 Å². The highest BCUT2D eigenvalue weighted by Gasteiger charge is 2.17. The molecule has 0 spiro atoms. The Kier molecular flexibility index (Phi) is 4.65. The van der Waals surface area contributed by atoms with Crippen LogP contribution in [0.15, 0.2) is 61.1 Å². The van der Waals surface area contributed by atoms with Crippen molar-refractivity contribution in [2.45, 2.75) is 19.9 Å². The quantitative estimate of drug-likeness (QED) is 0.538. The van der Waals surface area contributed by atoms with Crippen LogP contribution in [0.2, 0.25) is 0 Å². The van der Waals surface area contributed by atoms with Crippen LogP contribution in [0, 0.1) is 6.92 Å². The highest BCUT2D eigenvalue weighted by molar-refractivity contribution is 5.98. The SMILES string of the molecule is Cc1cccc(NC(=O)n2ccc3cc(Oc4ncnc5c4CCNC5)ccc32)c1. The Balaban J connectivity index is 1.40. The van der Waals surface area contributed by atoms with Crippen molar-refractivity contribution >= 4 is 22.6 Å². The Morgan fingerprint density at radius 2 is 2.10 bits per heavy atom. The molecule has 0 atom stereocenters. The van der Waals surface area contributed by atoms with E-state index in [1.54, 1.807) is 10.8 Å². The van der Waals surface area contributed by atoms with Gasteiger partial charge in [-0.15, -0.1) is 0 Å². The lowest BCUT2D eigenvalue weighted by Gasteiger charge is -2.18. The Bertz CT molecular complexity index is 1250.